The van der Waals surface area contributed by atoms with Gasteiger partial charge in [-0.1, -0.05) is 11.6 Å². The Hall–Kier alpha value is -2.90. The van der Waals surface area contributed by atoms with E-state index in [0.717, 1.165) is 0 Å². The predicted molar refractivity (Wildman–Crippen MR) is 109 cm³/mol. The summed E-state index contributed by atoms with van der Waals surface area (Å²) in [7, 11) is 1.55. The van der Waals surface area contributed by atoms with Crippen molar-refractivity contribution >= 4 is 56.4 Å². The highest BCUT2D eigenvalue weighted by molar-refractivity contribution is 9.10. The molecule has 1 aromatic heterocycles. The summed E-state index contributed by atoms with van der Waals surface area (Å²) in [5.74, 6) is 0.103. The van der Waals surface area contributed by atoms with Gasteiger partial charge in [-0.25, -0.2) is 9.79 Å². The molecule has 0 saturated heterocycles. The van der Waals surface area contributed by atoms with Crippen molar-refractivity contribution < 1.29 is 18.7 Å². The zero-order chi connectivity index (χ0) is 19.8. The summed E-state index contributed by atoms with van der Waals surface area (Å²) in [5.41, 5.74) is 0.817. The van der Waals surface area contributed by atoms with Crippen molar-refractivity contribution in [1.82, 2.24) is 0 Å². The number of halogens is 2. The van der Waals surface area contributed by atoms with Gasteiger partial charge >= 0.3 is 5.97 Å². The fourth-order valence-electron chi connectivity index (χ4n) is 2.69. The average Bonchev–Trinajstić information content (AvgIpc) is 3.04. The minimum absolute atomic E-state index is 0.00797. The van der Waals surface area contributed by atoms with Crippen LogP contribution in [0.3, 0.4) is 0 Å². The second-order valence-electron chi connectivity index (χ2n) is 5.84. The van der Waals surface area contributed by atoms with Gasteiger partial charge in [-0.3, -0.25) is 4.79 Å². The summed E-state index contributed by atoms with van der Waals surface area (Å²) in [5, 5.41) is 0.727. The van der Waals surface area contributed by atoms with Crippen LogP contribution >= 0.6 is 27.5 Å². The van der Waals surface area contributed by atoms with Gasteiger partial charge in [0, 0.05) is 9.50 Å². The van der Waals surface area contributed by atoms with E-state index in [0.29, 0.717) is 31.8 Å². The second kappa shape index (κ2) is 7.26. The van der Waals surface area contributed by atoms with E-state index in [1.807, 2.05) is 0 Å². The smallest absolute Gasteiger partial charge is 0.363 e. The van der Waals surface area contributed by atoms with Crippen molar-refractivity contribution in [2.24, 2.45) is 4.99 Å². The third-order valence-electron chi connectivity index (χ3n) is 4.08. The van der Waals surface area contributed by atoms with Gasteiger partial charge in [0.05, 0.1) is 23.6 Å². The third-order valence-corrected chi connectivity index (χ3v) is 4.97. The van der Waals surface area contributed by atoms with E-state index in [1.54, 1.807) is 37.4 Å². The van der Waals surface area contributed by atoms with Crippen LogP contribution in [0.2, 0.25) is 5.02 Å². The van der Waals surface area contributed by atoms with Gasteiger partial charge in [-0.2, -0.15) is 0 Å². The summed E-state index contributed by atoms with van der Waals surface area (Å²) in [4.78, 5) is 29.1. The van der Waals surface area contributed by atoms with Crippen molar-refractivity contribution in [1.29, 1.82) is 0 Å². The molecule has 0 amide bonds. The lowest BCUT2D eigenvalue weighted by molar-refractivity contribution is -0.129. The fraction of sp³-hybridized carbons (Fsp3) is 0.0500. The molecule has 0 unspecified atom stereocenters. The van der Waals surface area contributed by atoms with Gasteiger partial charge < -0.3 is 13.9 Å². The van der Waals surface area contributed by atoms with Gasteiger partial charge in [0.2, 0.25) is 5.90 Å². The Kier molecular flexibility index (Phi) is 4.78. The average molecular weight is 461 g/mol. The zero-order valence-corrected chi connectivity index (χ0v) is 16.7. The maximum Gasteiger partial charge on any atom is 0.363 e. The first kappa shape index (κ1) is 18.5. The van der Waals surface area contributed by atoms with Gasteiger partial charge in [-0.15, -0.1) is 0 Å². The molecule has 0 atom stereocenters. The molecule has 0 fully saturated rings. The van der Waals surface area contributed by atoms with Crippen LogP contribution in [0.25, 0.3) is 17.0 Å². The molecule has 0 bridgehead atoms. The Morgan fingerprint density at radius 1 is 1.18 bits per heavy atom. The number of hydrogen-bond donors (Lipinski definition) is 0. The molecule has 2 heterocycles. The molecule has 3 aromatic rings. The molecule has 8 heteroatoms. The summed E-state index contributed by atoms with van der Waals surface area (Å²) >= 11 is 9.36. The zero-order valence-electron chi connectivity index (χ0n) is 14.4. The molecule has 140 valence electrons. The van der Waals surface area contributed by atoms with Gasteiger partial charge in [-0.05, 0) is 58.4 Å². The number of benzene rings is 2. The molecule has 0 aliphatic carbocycles. The van der Waals surface area contributed by atoms with Crippen molar-refractivity contribution in [3.05, 3.63) is 79.2 Å². The van der Waals surface area contributed by atoms with E-state index in [1.165, 1.54) is 18.4 Å². The molecule has 1 aliphatic rings. The second-order valence-corrected chi connectivity index (χ2v) is 7.13. The quantitative estimate of drug-likeness (QED) is 0.423. The summed E-state index contributed by atoms with van der Waals surface area (Å²) in [6.45, 7) is 0. The summed E-state index contributed by atoms with van der Waals surface area (Å²) in [6, 6.07) is 9.92. The summed E-state index contributed by atoms with van der Waals surface area (Å²) < 4.78 is 16.5. The van der Waals surface area contributed by atoms with Crippen LogP contribution in [-0.4, -0.2) is 19.0 Å². The lowest BCUT2D eigenvalue weighted by Crippen LogP contribution is -2.07. The van der Waals surface area contributed by atoms with Gasteiger partial charge in [0.25, 0.3) is 0 Å². The minimum atomic E-state index is -0.664. The lowest BCUT2D eigenvalue weighted by atomic mass is 10.1. The van der Waals surface area contributed by atoms with Crippen LogP contribution in [0.1, 0.15) is 11.1 Å². The Balaban J connectivity index is 1.76. The molecule has 0 N–H and O–H groups in total. The first-order valence-corrected chi connectivity index (χ1v) is 9.21. The number of ether oxygens (including phenoxy) is 2. The van der Waals surface area contributed by atoms with E-state index in [4.69, 9.17) is 25.5 Å². The third kappa shape index (κ3) is 3.34. The molecule has 1 aliphatic heterocycles. The number of rotatable bonds is 3. The number of cyclic esters (lactones) is 1. The van der Waals surface area contributed by atoms with Crippen molar-refractivity contribution in [3.63, 3.8) is 0 Å². The SMILES string of the molecule is COc1ccc(C2=N/C(=C\c3coc4ccc(Cl)cc4c3=O)C(=O)O2)c(Br)c1. The van der Waals surface area contributed by atoms with E-state index in [2.05, 4.69) is 20.9 Å². The first-order valence-electron chi connectivity index (χ1n) is 8.04. The van der Waals surface area contributed by atoms with E-state index in [-0.39, 0.29) is 22.6 Å². The highest BCUT2D eigenvalue weighted by Gasteiger charge is 2.26. The normalized spacial score (nSPS) is 15.0. The van der Waals surface area contributed by atoms with Crippen LogP contribution in [-0.2, 0) is 9.53 Å². The molecule has 0 radical (unpaired) electrons. The molecular formula is C20H11BrClNO5. The summed E-state index contributed by atoms with van der Waals surface area (Å²) in [6.07, 6.45) is 2.61. The molecule has 6 nitrogen and oxygen atoms in total. The van der Waals surface area contributed by atoms with E-state index >= 15 is 0 Å². The molecule has 28 heavy (non-hydrogen) atoms. The topological polar surface area (TPSA) is 78.1 Å². The maximum absolute atomic E-state index is 12.7. The standard InChI is InChI=1S/C20H11BrClNO5/c1-26-12-3-4-13(15(21)8-12)19-23-16(20(25)28-19)6-10-9-27-17-5-2-11(22)7-14(17)18(10)24/h2-9H,1H3/b16-6-. The van der Waals surface area contributed by atoms with Gasteiger partial charge in [0.1, 0.15) is 17.6 Å². The van der Waals surface area contributed by atoms with Crippen LogP contribution < -0.4 is 10.2 Å². The van der Waals surface area contributed by atoms with Crippen LogP contribution in [0.4, 0.5) is 0 Å². The van der Waals surface area contributed by atoms with Crippen LogP contribution in [0.5, 0.6) is 5.75 Å². The number of fused-ring (bicyclic) bond motifs is 1. The minimum Gasteiger partial charge on any atom is -0.497 e. The Morgan fingerprint density at radius 2 is 2.00 bits per heavy atom. The lowest BCUT2D eigenvalue weighted by Gasteiger charge is -2.05. The van der Waals surface area contributed by atoms with Crippen molar-refractivity contribution in [3.8, 4) is 5.75 Å². The number of hydrogen-bond acceptors (Lipinski definition) is 6. The highest BCUT2D eigenvalue weighted by atomic mass is 79.9. The highest BCUT2D eigenvalue weighted by Crippen LogP contribution is 2.27. The molecular weight excluding hydrogens is 450 g/mol. The van der Waals surface area contributed by atoms with Crippen molar-refractivity contribution in [2.45, 2.75) is 0 Å². The number of aliphatic imine (C=N–C) groups is 1. The number of carbonyl (C=O) groups is 1. The van der Waals surface area contributed by atoms with E-state index in [9.17, 15) is 9.59 Å². The Morgan fingerprint density at radius 3 is 2.75 bits per heavy atom. The van der Waals surface area contributed by atoms with E-state index < -0.39 is 5.97 Å². The fourth-order valence-corrected chi connectivity index (χ4v) is 3.39. The number of methoxy groups -OCH3 is 1. The largest absolute Gasteiger partial charge is 0.497 e. The predicted octanol–water partition coefficient (Wildman–Crippen LogP) is 4.56. The number of esters is 1. The maximum atomic E-state index is 12.7. The van der Waals surface area contributed by atoms with Crippen LogP contribution in [0, 0.1) is 0 Å². The molecule has 0 spiro atoms. The van der Waals surface area contributed by atoms with Crippen LogP contribution in [0.15, 0.2) is 67.0 Å². The Bertz CT molecular complexity index is 1250. The first-order chi connectivity index (χ1) is 13.5. The van der Waals surface area contributed by atoms with Gasteiger partial charge in [0.15, 0.2) is 11.1 Å². The number of nitrogens with zero attached hydrogens (tertiary/aromatic N) is 1. The molecule has 2 aromatic carbocycles. The monoisotopic (exact) mass is 459 g/mol. The van der Waals surface area contributed by atoms with Crippen molar-refractivity contribution in [2.75, 3.05) is 7.11 Å². The molecule has 4 rings (SSSR count). The number of carbonyl (C=O) groups excluding carboxylic acids is 1. The molecule has 0 saturated carbocycles. The Labute approximate surface area is 172 Å².